The number of fused-ring (bicyclic) bond motifs is 2. The van der Waals surface area contributed by atoms with E-state index in [1.165, 1.54) is 18.8 Å². The predicted octanol–water partition coefficient (Wildman–Crippen LogP) is 1.81. The van der Waals surface area contributed by atoms with Crippen LogP contribution in [0.2, 0.25) is 0 Å². The van der Waals surface area contributed by atoms with E-state index in [1.807, 2.05) is 13.1 Å². The molecule has 2 unspecified atom stereocenters. The van der Waals surface area contributed by atoms with Crippen LogP contribution in [-0.4, -0.2) is 47.7 Å². The van der Waals surface area contributed by atoms with Crippen LogP contribution in [0.3, 0.4) is 0 Å². The highest BCUT2D eigenvalue weighted by atomic mass is 16.1. The van der Waals surface area contributed by atoms with E-state index >= 15 is 0 Å². The van der Waals surface area contributed by atoms with Crippen LogP contribution in [0.25, 0.3) is 10.9 Å². The van der Waals surface area contributed by atoms with Gasteiger partial charge in [-0.1, -0.05) is 0 Å². The quantitative estimate of drug-likeness (QED) is 0.845. The van der Waals surface area contributed by atoms with Gasteiger partial charge < -0.3 is 9.80 Å². The number of benzene rings is 1. The van der Waals surface area contributed by atoms with Crippen LogP contribution in [0.5, 0.6) is 0 Å². The maximum absolute atomic E-state index is 12.8. The summed E-state index contributed by atoms with van der Waals surface area (Å²) in [7, 11) is 4.08. The smallest absolute Gasteiger partial charge is 0.261 e. The molecule has 0 spiro atoms. The fraction of sp³-hybridized carbons (Fsp3) is 0.579. The molecule has 3 heterocycles. The molecule has 24 heavy (non-hydrogen) atoms. The van der Waals surface area contributed by atoms with Gasteiger partial charge in [-0.3, -0.25) is 9.36 Å². The Labute approximate surface area is 141 Å². The van der Waals surface area contributed by atoms with Gasteiger partial charge in [-0.05, 0) is 49.9 Å². The van der Waals surface area contributed by atoms with Crippen molar-refractivity contribution in [1.29, 1.82) is 0 Å². The number of aromatic nitrogens is 2. The van der Waals surface area contributed by atoms with Gasteiger partial charge in [0.2, 0.25) is 0 Å². The lowest BCUT2D eigenvalue weighted by Gasteiger charge is -2.21. The molecule has 0 amide bonds. The van der Waals surface area contributed by atoms with E-state index in [0.29, 0.717) is 5.92 Å². The highest BCUT2D eigenvalue weighted by molar-refractivity contribution is 5.82. The van der Waals surface area contributed by atoms with E-state index in [0.717, 1.165) is 54.5 Å². The first kappa shape index (κ1) is 14.5. The van der Waals surface area contributed by atoms with Crippen LogP contribution in [0.15, 0.2) is 23.0 Å². The Balaban J connectivity index is 1.51. The van der Waals surface area contributed by atoms with Crippen molar-refractivity contribution in [2.75, 3.05) is 38.1 Å². The Morgan fingerprint density at radius 1 is 1.04 bits per heavy atom. The molecule has 2 aromatic rings. The number of rotatable bonds is 2. The van der Waals surface area contributed by atoms with Crippen LogP contribution in [0.1, 0.15) is 24.6 Å². The summed E-state index contributed by atoms with van der Waals surface area (Å²) in [5.41, 5.74) is 2.13. The molecule has 126 valence electrons. The summed E-state index contributed by atoms with van der Waals surface area (Å²) in [6.07, 6.45) is 2.32. The number of anilines is 1. The van der Waals surface area contributed by atoms with Gasteiger partial charge >= 0.3 is 0 Å². The lowest BCUT2D eigenvalue weighted by atomic mass is 10.0. The average molecular weight is 324 g/mol. The molecule has 1 aromatic heterocycles. The van der Waals surface area contributed by atoms with Crippen molar-refractivity contribution in [1.82, 2.24) is 14.5 Å². The number of nitrogens with zero attached hydrogens (tertiary/aromatic N) is 4. The van der Waals surface area contributed by atoms with Crippen LogP contribution in [-0.2, 0) is 7.05 Å². The molecule has 2 saturated heterocycles. The zero-order valence-electron chi connectivity index (χ0n) is 14.4. The second kappa shape index (κ2) is 5.06. The number of hydrogen-bond acceptors (Lipinski definition) is 4. The van der Waals surface area contributed by atoms with E-state index in [9.17, 15) is 4.79 Å². The minimum Gasteiger partial charge on any atom is -0.371 e. The largest absolute Gasteiger partial charge is 0.371 e. The SMILES string of the molecule is CN1CC2CN(c3ccc4nc(C5CC5)n(C)c(=O)c4c3)CC2C1. The molecular formula is C19H24N4O. The van der Waals surface area contributed by atoms with Gasteiger partial charge in [-0.25, -0.2) is 4.98 Å². The summed E-state index contributed by atoms with van der Waals surface area (Å²) in [6, 6.07) is 6.25. The molecule has 1 saturated carbocycles. The van der Waals surface area contributed by atoms with Gasteiger partial charge in [0, 0.05) is 44.8 Å². The Morgan fingerprint density at radius 2 is 1.75 bits per heavy atom. The van der Waals surface area contributed by atoms with E-state index in [-0.39, 0.29) is 5.56 Å². The maximum Gasteiger partial charge on any atom is 0.261 e. The summed E-state index contributed by atoms with van der Waals surface area (Å²) < 4.78 is 1.76. The lowest BCUT2D eigenvalue weighted by Crippen LogP contribution is -2.27. The first-order valence-electron chi connectivity index (χ1n) is 9.04. The van der Waals surface area contributed by atoms with Crippen molar-refractivity contribution >= 4 is 16.6 Å². The van der Waals surface area contributed by atoms with Crippen molar-refractivity contribution in [3.05, 3.63) is 34.4 Å². The second-order valence-electron chi connectivity index (χ2n) is 7.96. The van der Waals surface area contributed by atoms with Crippen LogP contribution < -0.4 is 10.5 Å². The molecule has 2 atom stereocenters. The van der Waals surface area contributed by atoms with Crippen LogP contribution in [0, 0.1) is 11.8 Å². The molecule has 1 aliphatic carbocycles. The monoisotopic (exact) mass is 324 g/mol. The van der Waals surface area contributed by atoms with Crippen molar-refractivity contribution in [2.24, 2.45) is 18.9 Å². The van der Waals surface area contributed by atoms with E-state index in [2.05, 4.69) is 29.0 Å². The lowest BCUT2D eigenvalue weighted by molar-refractivity contribution is 0.387. The highest BCUT2D eigenvalue weighted by Crippen LogP contribution is 2.39. The molecule has 3 aliphatic rings. The Morgan fingerprint density at radius 3 is 2.42 bits per heavy atom. The third-order valence-corrected chi connectivity index (χ3v) is 6.07. The van der Waals surface area contributed by atoms with E-state index < -0.39 is 0 Å². The minimum absolute atomic E-state index is 0.0999. The van der Waals surface area contributed by atoms with Gasteiger partial charge in [-0.2, -0.15) is 0 Å². The molecule has 5 heteroatoms. The molecular weight excluding hydrogens is 300 g/mol. The Kier molecular flexibility index (Phi) is 3.05. The molecule has 2 aliphatic heterocycles. The summed E-state index contributed by atoms with van der Waals surface area (Å²) in [5.74, 6) is 2.98. The molecule has 0 radical (unpaired) electrons. The van der Waals surface area contributed by atoms with Crippen LogP contribution >= 0.6 is 0 Å². The van der Waals surface area contributed by atoms with Crippen molar-refractivity contribution in [3.63, 3.8) is 0 Å². The zero-order valence-corrected chi connectivity index (χ0v) is 14.4. The van der Waals surface area contributed by atoms with Gasteiger partial charge in [0.15, 0.2) is 0 Å². The Bertz CT molecular complexity index is 856. The van der Waals surface area contributed by atoms with E-state index in [4.69, 9.17) is 4.98 Å². The average Bonchev–Trinajstić information content (AvgIpc) is 3.24. The summed E-state index contributed by atoms with van der Waals surface area (Å²) in [5, 5.41) is 0.758. The first-order chi connectivity index (χ1) is 11.6. The molecule has 5 nitrogen and oxygen atoms in total. The number of likely N-dealkylation sites (tertiary alicyclic amines) is 1. The maximum atomic E-state index is 12.8. The van der Waals surface area contributed by atoms with Crippen molar-refractivity contribution in [2.45, 2.75) is 18.8 Å². The molecule has 3 fully saturated rings. The normalized spacial score (nSPS) is 27.2. The zero-order chi connectivity index (χ0) is 16.4. The summed E-state index contributed by atoms with van der Waals surface area (Å²) in [4.78, 5) is 22.4. The predicted molar refractivity (Wildman–Crippen MR) is 95.6 cm³/mol. The topological polar surface area (TPSA) is 41.4 Å². The second-order valence-corrected chi connectivity index (χ2v) is 7.96. The number of hydrogen-bond donors (Lipinski definition) is 0. The van der Waals surface area contributed by atoms with Gasteiger partial charge in [0.05, 0.1) is 10.9 Å². The van der Waals surface area contributed by atoms with E-state index in [1.54, 1.807) is 4.57 Å². The van der Waals surface area contributed by atoms with Gasteiger partial charge in [-0.15, -0.1) is 0 Å². The minimum atomic E-state index is 0.0999. The van der Waals surface area contributed by atoms with Crippen LogP contribution in [0.4, 0.5) is 5.69 Å². The summed E-state index contributed by atoms with van der Waals surface area (Å²) >= 11 is 0. The van der Waals surface area contributed by atoms with Crippen molar-refractivity contribution in [3.8, 4) is 0 Å². The fourth-order valence-corrected chi connectivity index (χ4v) is 4.62. The van der Waals surface area contributed by atoms with Gasteiger partial charge in [0.25, 0.3) is 5.56 Å². The Hall–Kier alpha value is -1.88. The third kappa shape index (κ3) is 2.18. The summed E-state index contributed by atoms with van der Waals surface area (Å²) in [6.45, 7) is 4.61. The standard InChI is InChI=1S/C19H24N4O/c1-21-8-13-10-23(11-14(13)9-21)15-5-6-17-16(7-15)19(24)22(2)18(20-17)12-3-4-12/h5-7,12-14H,3-4,8-11H2,1-2H3. The third-order valence-electron chi connectivity index (χ3n) is 6.07. The molecule has 1 aromatic carbocycles. The first-order valence-corrected chi connectivity index (χ1v) is 9.04. The molecule has 5 rings (SSSR count). The highest BCUT2D eigenvalue weighted by Gasteiger charge is 2.38. The molecule has 0 bridgehead atoms. The fourth-order valence-electron chi connectivity index (χ4n) is 4.62. The van der Waals surface area contributed by atoms with Gasteiger partial charge in [0.1, 0.15) is 5.82 Å². The molecule has 0 N–H and O–H groups in total. The van der Waals surface area contributed by atoms with Crippen molar-refractivity contribution < 1.29 is 0 Å².